The van der Waals surface area contributed by atoms with Gasteiger partial charge in [-0.1, -0.05) is 12.1 Å². The monoisotopic (exact) mass is 255 g/mol. The number of hydrogen-bond donors (Lipinski definition) is 2. The molecule has 0 saturated carbocycles. The van der Waals surface area contributed by atoms with Crippen LogP contribution in [0.1, 0.15) is 5.56 Å². The van der Waals surface area contributed by atoms with Gasteiger partial charge in [0.05, 0.1) is 6.61 Å². The number of nitrogens with two attached hydrogens (primary N) is 1. The number of carboxylic acids is 1. The fraction of sp³-hybridized carbons (Fsp3) is 0.417. The van der Waals surface area contributed by atoms with Gasteiger partial charge < -0.3 is 15.6 Å². The molecule has 5 heteroatoms. The highest BCUT2D eigenvalue weighted by atomic mass is 32.2. The molecule has 0 aromatic heterocycles. The van der Waals surface area contributed by atoms with Crippen LogP contribution in [0.15, 0.2) is 24.3 Å². The lowest BCUT2D eigenvalue weighted by atomic mass is 10.2. The van der Waals surface area contributed by atoms with Gasteiger partial charge >= 0.3 is 5.97 Å². The first-order valence-corrected chi connectivity index (χ1v) is 6.50. The third kappa shape index (κ3) is 5.60. The Kier molecular flexibility index (Phi) is 5.86. The number of carboxylic acid groups (broad SMARTS) is 1. The van der Waals surface area contributed by atoms with Crippen molar-refractivity contribution in [2.75, 3.05) is 18.1 Å². The first-order valence-electron chi connectivity index (χ1n) is 5.35. The molecule has 0 bridgehead atoms. The van der Waals surface area contributed by atoms with Crippen LogP contribution in [-0.2, 0) is 4.79 Å². The smallest absolute Gasteiger partial charge is 0.321 e. The molecule has 17 heavy (non-hydrogen) atoms. The maximum absolute atomic E-state index is 10.5. The minimum atomic E-state index is -0.961. The zero-order valence-corrected chi connectivity index (χ0v) is 10.6. The Morgan fingerprint density at radius 1 is 1.59 bits per heavy atom. The number of hydrogen-bond acceptors (Lipinski definition) is 4. The molecule has 0 heterocycles. The zero-order chi connectivity index (χ0) is 12.7. The summed E-state index contributed by atoms with van der Waals surface area (Å²) in [6, 6.07) is 7.03. The molecule has 1 atom stereocenters. The highest BCUT2D eigenvalue weighted by Crippen LogP contribution is 2.13. The second kappa shape index (κ2) is 7.19. The van der Waals surface area contributed by atoms with Crippen LogP contribution in [0, 0.1) is 6.92 Å². The molecule has 0 aliphatic carbocycles. The van der Waals surface area contributed by atoms with Gasteiger partial charge in [-0.05, 0) is 24.6 Å². The van der Waals surface area contributed by atoms with Crippen LogP contribution >= 0.6 is 11.8 Å². The molecule has 0 aliphatic heterocycles. The van der Waals surface area contributed by atoms with E-state index < -0.39 is 12.0 Å². The molecule has 94 valence electrons. The van der Waals surface area contributed by atoms with E-state index in [0.717, 1.165) is 17.1 Å². The number of rotatable bonds is 7. The lowest BCUT2D eigenvalue weighted by Gasteiger charge is -2.08. The molecule has 1 aromatic rings. The largest absolute Gasteiger partial charge is 0.493 e. The van der Waals surface area contributed by atoms with Crippen molar-refractivity contribution in [1.29, 1.82) is 0 Å². The molecular formula is C12H17NO3S. The van der Waals surface area contributed by atoms with Gasteiger partial charge in [-0.2, -0.15) is 11.8 Å². The molecule has 0 spiro atoms. The van der Waals surface area contributed by atoms with Crippen LogP contribution in [0.3, 0.4) is 0 Å². The van der Waals surface area contributed by atoms with E-state index in [-0.39, 0.29) is 0 Å². The summed E-state index contributed by atoms with van der Waals surface area (Å²) in [5.41, 5.74) is 6.52. The van der Waals surface area contributed by atoms with Crippen molar-refractivity contribution >= 4 is 17.7 Å². The first-order chi connectivity index (χ1) is 8.09. The van der Waals surface area contributed by atoms with E-state index in [1.165, 1.54) is 11.8 Å². The van der Waals surface area contributed by atoms with Crippen molar-refractivity contribution in [2.45, 2.75) is 13.0 Å². The molecule has 0 fully saturated rings. The second-order valence-electron chi connectivity index (χ2n) is 3.68. The van der Waals surface area contributed by atoms with Gasteiger partial charge in [0, 0.05) is 11.5 Å². The van der Waals surface area contributed by atoms with Crippen LogP contribution in [-0.4, -0.2) is 35.2 Å². The van der Waals surface area contributed by atoms with Crippen molar-refractivity contribution in [1.82, 2.24) is 0 Å². The summed E-state index contributed by atoms with van der Waals surface area (Å²) in [7, 11) is 0. The molecule has 0 unspecified atom stereocenters. The van der Waals surface area contributed by atoms with E-state index >= 15 is 0 Å². The maximum Gasteiger partial charge on any atom is 0.321 e. The number of ether oxygens (including phenoxy) is 1. The highest BCUT2D eigenvalue weighted by molar-refractivity contribution is 7.99. The Morgan fingerprint density at radius 3 is 3.00 bits per heavy atom. The summed E-state index contributed by atoms with van der Waals surface area (Å²) < 4.78 is 5.52. The van der Waals surface area contributed by atoms with Crippen LogP contribution in [0.2, 0.25) is 0 Å². The number of benzene rings is 1. The number of thioether (sulfide) groups is 1. The lowest BCUT2D eigenvalue weighted by molar-refractivity contribution is -0.137. The average Bonchev–Trinajstić information content (AvgIpc) is 2.28. The van der Waals surface area contributed by atoms with E-state index in [4.69, 9.17) is 15.6 Å². The summed E-state index contributed by atoms with van der Waals surface area (Å²) in [6.45, 7) is 2.56. The van der Waals surface area contributed by atoms with E-state index in [0.29, 0.717) is 12.4 Å². The third-order valence-electron chi connectivity index (χ3n) is 2.10. The summed E-state index contributed by atoms with van der Waals surface area (Å²) in [4.78, 5) is 10.5. The fourth-order valence-corrected chi connectivity index (χ4v) is 1.97. The van der Waals surface area contributed by atoms with E-state index in [1.54, 1.807) is 0 Å². The van der Waals surface area contributed by atoms with Gasteiger partial charge in [-0.3, -0.25) is 4.79 Å². The average molecular weight is 255 g/mol. The van der Waals surface area contributed by atoms with Crippen molar-refractivity contribution in [3.63, 3.8) is 0 Å². The van der Waals surface area contributed by atoms with Crippen LogP contribution in [0.5, 0.6) is 5.75 Å². The molecule has 0 saturated heterocycles. The Bertz CT molecular complexity index is 371. The van der Waals surface area contributed by atoms with E-state index in [9.17, 15) is 4.79 Å². The highest BCUT2D eigenvalue weighted by Gasteiger charge is 2.10. The molecule has 0 radical (unpaired) electrons. The van der Waals surface area contributed by atoms with E-state index in [1.807, 2.05) is 31.2 Å². The fourth-order valence-electron chi connectivity index (χ4n) is 1.21. The van der Waals surface area contributed by atoms with Crippen LogP contribution in [0.25, 0.3) is 0 Å². The Labute approximate surface area is 105 Å². The quantitative estimate of drug-likeness (QED) is 0.723. The van der Waals surface area contributed by atoms with Crippen molar-refractivity contribution in [3.05, 3.63) is 29.8 Å². The lowest BCUT2D eigenvalue weighted by Crippen LogP contribution is -2.32. The Balaban J connectivity index is 2.14. The van der Waals surface area contributed by atoms with Gasteiger partial charge in [0.1, 0.15) is 11.8 Å². The molecule has 3 N–H and O–H groups in total. The summed E-state index contributed by atoms with van der Waals surface area (Å²) in [5.74, 6) is 1.02. The zero-order valence-electron chi connectivity index (χ0n) is 9.76. The molecule has 1 rings (SSSR count). The third-order valence-corrected chi connectivity index (χ3v) is 3.15. The topological polar surface area (TPSA) is 72.5 Å². The van der Waals surface area contributed by atoms with Gasteiger partial charge in [-0.15, -0.1) is 0 Å². The molecular weight excluding hydrogens is 238 g/mol. The molecule has 0 amide bonds. The summed E-state index contributed by atoms with van der Waals surface area (Å²) in [5, 5.41) is 8.58. The SMILES string of the molecule is Cc1cccc(OCCSC[C@@H](N)C(=O)O)c1. The van der Waals surface area contributed by atoms with Crippen LogP contribution in [0.4, 0.5) is 0 Å². The minimum absolute atomic E-state index is 0.409. The second-order valence-corrected chi connectivity index (χ2v) is 4.83. The molecule has 1 aromatic carbocycles. The Hall–Kier alpha value is -1.20. The summed E-state index contributed by atoms with van der Waals surface area (Å²) >= 11 is 1.48. The normalized spacial score (nSPS) is 12.1. The molecule has 0 aliphatic rings. The van der Waals surface area contributed by atoms with Crippen molar-refractivity contribution < 1.29 is 14.6 Å². The number of aliphatic carboxylic acids is 1. The Morgan fingerprint density at radius 2 is 2.35 bits per heavy atom. The van der Waals surface area contributed by atoms with Gasteiger partial charge in [0.25, 0.3) is 0 Å². The van der Waals surface area contributed by atoms with Crippen molar-refractivity contribution in [3.8, 4) is 5.75 Å². The number of carbonyl (C=O) groups is 1. The van der Waals surface area contributed by atoms with Crippen molar-refractivity contribution in [2.24, 2.45) is 5.73 Å². The molecule has 4 nitrogen and oxygen atoms in total. The predicted molar refractivity (Wildman–Crippen MR) is 69.6 cm³/mol. The van der Waals surface area contributed by atoms with Gasteiger partial charge in [-0.25, -0.2) is 0 Å². The predicted octanol–water partition coefficient (Wildman–Crippen LogP) is 1.52. The van der Waals surface area contributed by atoms with Crippen LogP contribution < -0.4 is 10.5 Å². The maximum atomic E-state index is 10.5. The standard InChI is InChI=1S/C12H17NO3S/c1-9-3-2-4-10(7-9)16-5-6-17-8-11(13)12(14)15/h2-4,7,11H,5-6,8,13H2,1H3,(H,14,15)/t11-/m1/s1. The summed E-state index contributed by atoms with van der Waals surface area (Å²) in [6.07, 6.45) is 0. The first kappa shape index (κ1) is 13.9. The van der Waals surface area contributed by atoms with Gasteiger partial charge in [0.2, 0.25) is 0 Å². The van der Waals surface area contributed by atoms with Gasteiger partial charge in [0.15, 0.2) is 0 Å². The van der Waals surface area contributed by atoms with E-state index in [2.05, 4.69) is 0 Å². The minimum Gasteiger partial charge on any atom is -0.493 e. The number of aryl methyl sites for hydroxylation is 1.